The molecule has 19 heavy (non-hydrogen) atoms. The molecule has 0 heterocycles. The lowest BCUT2D eigenvalue weighted by Crippen LogP contribution is -2.18. The van der Waals surface area contributed by atoms with Gasteiger partial charge in [-0.1, -0.05) is 41.9 Å². The van der Waals surface area contributed by atoms with Crippen molar-refractivity contribution in [3.8, 4) is 0 Å². The van der Waals surface area contributed by atoms with Crippen LogP contribution in [-0.2, 0) is 13.0 Å². The fourth-order valence-electron chi connectivity index (χ4n) is 2.66. The van der Waals surface area contributed by atoms with Gasteiger partial charge in [-0.2, -0.15) is 0 Å². The van der Waals surface area contributed by atoms with Gasteiger partial charge in [0, 0.05) is 17.1 Å². The maximum absolute atomic E-state index is 6.12. The van der Waals surface area contributed by atoms with Crippen molar-refractivity contribution in [2.45, 2.75) is 25.4 Å². The van der Waals surface area contributed by atoms with Crippen LogP contribution in [0, 0.1) is 0 Å². The van der Waals surface area contributed by atoms with Gasteiger partial charge in [0.2, 0.25) is 0 Å². The van der Waals surface area contributed by atoms with Crippen LogP contribution in [0.5, 0.6) is 0 Å². The van der Waals surface area contributed by atoms with E-state index in [-0.39, 0.29) is 0 Å². The minimum absolute atomic E-state index is 0.471. The predicted molar refractivity (Wildman–Crippen MR) is 83.5 cm³/mol. The van der Waals surface area contributed by atoms with E-state index in [9.17, 15) is 0 Å². The monoisotopic (exact) mass is 335 g/mol. The third-order valence-electron chi connectivity index (χ3n) is 3.67. The van der Waals surface area contributed by atoms with Crippen LogP contribution >= 0.6 is 27.5 Å². The van der Waals surface area contributed by atoms with E-state index in [0.29, 0.717) is 6.04 Å². The van der Waals surface area contributed by atoms with Gasteiger partial charge in [-0.15, -0.1) is 0 Å². The first-order valence-electron chi connectivity index (χ1n) is 6.49. The minimum Gasteiger partial charge on any atom is -0.306 e. The van der Waals surface area contributed by atoms with Crippen LogP contribution in [0.4, 0.5) is 0 Å². The summed E-state index contributed by atoms with van der Waals surface area (Å²) >= 11 is 9.53. The van der Waals surface area contributed by atoms with Crippen molar-refractivity contribution in [1.29, 1.82) is 0 Å². The van der Waals surface area contributed by atoms with Crippen molar-refractivity contribution >= 4 is 27.5 Å². The zero-order chi connectivity index (χ0) is 13.2. The Morgan fingerprint density at radius 3 is 2.89 bits per heavy atom. The van der Waals surface area contributed by atoms with Crippen molar-refractivity contribution in [1.82, 2.24) is 5.32 Å². The fourth-order valence-corrected chi connectivity index (χ4v) is 3.11. The number of fused-ring (bicyclic) bond motifs is 1. The minimum atomic E-state index is 0.471. The average Bonchev–Trinajstić information content (AvgIpc) is 2.83. The van der Waals surface area contributed by atoms with Crippen molar-refractivity contribution < 1.29 is 0 Å². The molecule has 3 rings (SSSR count). The van der Waals surface area contributed by atoms with Gasteiger partial charge in [0.25, 0.3) is 0 Å². The molecule has 2 aromatic carbocycles. The summed E-state index contributed by atoms with van der Waals surface area (Å²) < 4.78 is 0.948. The van der Waals surface area contributed by atoms with Crippen LogP contribution in [0.2, 0.25) is 5.02 Å². The highest BCUT2D eigenvalue weighted by molar-refractivity contribution is 9.10. The molecule has 1 nitrogen and oxygen atoms in total. The Balaban J connectivity index is 1.69. The summed E-state index contributed by atoms with van der Waals surface area (Å²) in [6.45, 7) is 0.853. The Labute approximate surface area is 127 Å². The molecule has 1 unspecified atom stereocenters. The Bertz CT molecular complexity index is 597. The molecule has 3 heteroatoms. The number of halogens is 2. The molecule has 1 aliphatic rings. The van der Waals surface area contributed by atoms with Gasteiger partial charge in [-0.3, -0.25) is 0 Å². The largest absolute Gasteiger partial charge is 0.306 e. The maximum Gasteiger partial charge on any atom is 0.0551 e. The third-order valence-corrected chi connectivity index (χ3v) is 4.90. The summed E-state index contributed by atoms with van der Waals surface area (Å²) in [6.07, 6.45) is 2.36. The summed E-state index contributed by atoms with van der Waals surface area (Å²) in [7, 11) is 0. The van der Waals surface area contributed by atoms with E-state index in [0.717, 1.165) is 16.0 Å². The molecule has 1 atom stereocenters. The second kappa shape index (κ2) is 5.66. The van der Waals surface area contributed by atoms with Gasteiger partial charge in [-0.25, -0.2) is 0 Å². The molecule has 0 aliphatic heterocycles. The van der Waals surface area contributed by atoms with Crippen molar-refractivity contribution in [3.05, 3.63) is 68.7 Å². The molecule has 0 bridgehead atoms. The van der Waals surface area contributed by atoms with Gasteiger partial charge in [-0.05, 0) is 57.6 Å². The van der Waals surface area contributed by atoms with Gasteiger partial charge in [0.1, 0.15) is 0 Å². The highest BCUT2D eigenvalue weighted by Gasteiger charge is 2.20. The molecular weight excluding hydrogens is 322 g/mol. The second-order valence-electron chi connectivity index (χ2n) is 4.92. The molecule has 0 radical (unpaired) electrons. The Hall–Kier alpha value is -0.830. The SMILES string of the molecule is Clc1cc(CNC2CCc3ccccc32)ccc1Br. The van der Waals surface area contributed by atoms with E-state index < -0.39 is 0 Å². The first kappa shape index (κ1) is 13.2. The highest BCUT2D eigenvalue weighted by atomic mass is 79.9. The molecular formula is C16H15BrClN. The molecule has 1 N–H and O–H groups in total. The second-order valence-corrected chi connectivity index (χ2v) is 6.18. The van der Waals surface area contributed by atoms with E-state index in [1.807, 2.05) is 12.1 Å². The molecule has 0 saturated heterocycles. The molecule has 1 aliphatic carbocycles. The highest BCUT2D eigenvalue weighted by Crippen LogP contribution is 2.31. The Kier molecular flexibility index (Phi) is 3.92. The molecule has 0 aromatic heterocycles. The first-order valence-corrected chi connectivity index (χ1v) is 7.66. The van der Waals surface area contributed by atoms with Crippen LogP contribution in [0.15, 0.2) is 46.9 Å². The number of benzene rings is 2. The van der Waals surface area contributed by atoms with Crippen LogP contribution in [0.25, 0.3) is 0 Å². The van der Waals surface area contributed by atoms with Crippen molar-refractivity contribution in [3.63, 3.8) is 0 Å². The number of rotatable bonds is 3. The van der Waals surface area contributed by atoms with Crippen molar-refractivity contribution in [2.75, 3.05) is 0 Å². The topological polar surface area (TPSA) is 12.0 Å². The summed E-state index contributed by atoms with van der Waals surface area (Å²) in [5, 5.41) is 4.40. The maximum atomic E-state index is 6.12. The Morgan fingerprint density at radius 1 is 1.21 bits per heavy atom. The first-order chi connectivity index (χ1) is 9.24. The van der Waals surface area contributed by atoms with Gasteiger partial charge in [0.15, 0.2) is 0 Å². The molecule has 2 aromatic rings. The Morgan fingerprint density at radius 2 is 2.05 bits per heavy atom. The summed E-state index contributed by atoms with van der Waals surface area (Å²) in [6, 6.07) is 15.3. The van der Waals surface area contributed by atoms with Gasteiger partial charge < -0.3 is 5.32 Å². The van der Waals surface area contributed by atoms with Crippen LogP contribution in [0.1, 0.15) is 29.2 Å². The van der Waals surface area contributed by atoms with E-state index in [2.05, 4.69) is 51.6 Å². The molecule has 0 saturated carbocycles. The van der Waals surface area contributed by atoms with E-state index in [1.165, 1.54) is 29.5 Å². The number of aryl methyl sites for hydroxylation is 1. The zero-order valence-electron chi connectivity index (χ0n) is 10.5. The smallest absolute Gasteiger partial charge is 0.0551 e. The predicted octanol–water partition coefficient (Wildman–Crippen LogP) is 4.88. The lowest BCUT2D eigenvalue weighted by molar-refractivity contribution is 0.530. The standard InChI is InChI=1S/C16H15BrClN/c17-14-7-5-11(9-15(14)18)10-19-16-8-6-12-3-1-2-4-13(12)16/h1-5,7,9,16,19H,6,8,10H2. The third kappa shape index (κ3) is 2.86. The quantitative estimate of drug-likeness (QED) is 0.842. The van der Waals surface area contributed by atoms with E-state index >= 15 is 0 Å². The van der Waals surface area contributed by atoms with Crippen LogP contribution < -0.4 is 5.32 Å². The zero-order valence-corrected chi connectivity index (χ0v) is 12.8. The average molecular weight is 337 g/mol. The van der Waals surface area contributed by atoms with Crippen molar-refractivity contribution in [2.24, 2.45) is 0 Å². The summed E-state index contributed by atoms with van der Waals surface area (Å²) in [4.78, 5) is 0. The molecule has 0 fully saturated rings. The van der Waals surface area contributed by atoms with E-state index in [1.54, 1.807) is 0 Å². The number of hydrogen-bond donors (Lipinski definition) is 1. The van der Waals surface area contributed by atoms with Gasteiger partial charge >= 0.3 is 0 Å². The van der Waals surface area contributed by atoms with Crippen LogP contribution in [-0.4, -0.2) is 0 Å². The normalized spacial score (nSPS) is 17.5. The lowest BCUT2D eigenvalue weighted by atomic mass is 10.1. The molecule has 0 spiro atoms. The van der Waals surface area contributed by atoms with Gasteiger partial charge in [0.05, 0.1) is 5.02 Å². The molecule has 98 valence electrons. The summed E-state index contributed by atoms with van der Waals surface area (Å²) in [5.41, 5.74) is 4.15. The van der Waals surface area contributed by atoms with E-state index in [4.69, 9.17) is 11.6 Å². The van der Waals surface area contributed by atoms with Crippen LogP contribution in [0.3, 0.4) is 0 Å². The molecule has 0 amide bonds. The number of hydrogen-bond acceptors (Lipinski definition) is 1. The fraction of sp³-hybridized carbons (Fsp3) is 0.250. The lowest BCUT2D eigenvalue weighted by Gasteiger charge is -2.14. The number of nitrogens with one attached hydrogen (secondary N) is 1. The summed E-state index contributed by atoms with van der Waals surface area (Å²) in [5.74, 6) is 0.